The molecule has 0 aromatic heterocycles. The van der Waals surface area contributed by atoms with Gasteiger partial charge >= 0.3 is 5.97 Å². The van der Waals surface area contributed by atoms with Gasteiger partial charge in [0.2, 0.25) is 0 Å². The molecule has 0 aliphatic carbocycles. The second kappa shape index (κ2) is 45.6. The molecule has 2 heterocycles. The fraction of sp³-hybridized carbons (Fsp3) is 0.914. The normalized spacial score (nSPS) is 25.2. The average Bonchev–Trinajstić information content (AvgIpc) is 3.38. The highest BCUT2D eigenvalue weighted by atomic mass is 16.7. The zero-order chi connectivity index (χ0) is 52.3. The maximum absolute atomic E-state index is 13.1. The summed E-state index contributed by atoms with van der Waals surface area (Å²) in [4.78, 5) is 13.1. The molecule has 0 spiro atoms. The number of hydrogen-bond acceptors (Lipinski definition) is 14. The van der Waals surface area contributed by atoms with E-state index < -0.39 is 80.7 Å². The third kappa shape index (κ3) is 32.1. The summed E-state index contributed by atoms with van der Waals surface area (Å²) in [5, 5.41) is 72.3. The summed E-state index contributed by atoms with van der Waals surface area (Å²) >= 11 is 0. The van der Waals surface area contributed by atoms with Gasteiger partial charge in [0.15, 0.2) is 12.6 Å². The fourth-order valence-electron chi connectivity index (χ4n) is 9.44. The highest BCUT2D eigenvalue weighted by molar-refractivity contribution is 5.69. The minimum absolute atomic E-state index is 0.0639. The highest BCUT2D eigenvalue weighted by Gasteiger charge is 2.47. The van der Waals surface area contributed by atoms with Crippen LogP contribution in [0.1, 0.15) is 239 Å². The van der Waals surface area contributed by atoms with Crippen LogP contribution in [0.2, 0.25) is 0 Å². The molecule has 2 saturated heterocycles. The van der Waals surface area contributed by atoms with Crippen LogP contribution in [0.25, 0.3) is 0 Å². The summed E-state index contributed by atoms with van der Waals surface area (Å²) < 4.78 is 34.4. The standard InChI is InChI=1S/C58H108O14/c1-3-5-7-9-11-13-15-17-19-21-22-23-24-25-26-28-30-32-34-36-38-40-42-67-44-47(70-50(60)41-39-37-35-33-31-29-27-20-18-16-14-12-10-8-6-4-2)45-68-57-56(66)54(64)52(62)49(72-57)46-69-58-55(65)53(63)51(61)48(43-59)71-58/h15,17,21-22,47-49,51-59,61-66H,3-14,16,18-20,23-46H2,1-2H3/b17-15-,22-21-. The number of carbonyl (C=O) groups excluding carboxylic acids is 1. The van der Waals surface area contributed by atoms with Crippen LogP contribution in [0, 0.1) is 0 Å². The first kappa shape index (κ1) is 66.6. The number of aliphatic hydroxyl groups is 7. The fourth-order valence-corrected chi connectivity index (χ4v) is 9.44. The Morgan fingerprint density at radius 1 is 0.458 bits per heavy atom. The van der Waals surface area contributed by atoms with Gasteiger partial charge in [0.05, 0.1) is 26.4 Å². The van der Waals surface area contributed by atoms with Crippen molar-refractivity contribution in [3.8, 4) is 0 Å². The van der Waals surface area contributed by atoms with Gasteiger partial charge in [-0.15, -0.1) is 0 Å². The van der Waals surface area contributed by atoms with Gasteiger partial charge in [0, 0.05) is 13.0 Å². The Hall–Kier alpha value is -1.53. The van der Waals surface area contributed by atoms with Crippen molar-refractivity contribution in [1.82, 2.24) is 0 Å². The zero-order valence-corrected chi connectivity index (χ0v) is 45.4. The first-order valence-corrected chi connectivity index (χ1v) is 29.4. The molecule has 72 heavy (non-hydrogen) atoms. The largest absolute Gasteiger partial charge is 0.457 e. The summed E-state index contributed by atoms with van der Waals surface area (Å²) in [6, 6.07) is 0. The van der Waals surface area contributed by atoms with Crippen LogP contribution in [-0.2, 0) is 33.2 Å². The predicted molar refractivity (Wildman–Crippen MR) is 284 cm³/mol. The van der Waals surface area contributed by atoms with Crippen molar-refractivity contribution in [3.05, 3.63) is 24.3 Å². The minimum Gasteiger partial charge on any atom is -0.457 e. The van der Waals surface area contributed by atoms with Crippen LogP contribution in [0.4, 0.5) is 0 Å². The van der Waals surface area contributed by atoms with Crippen LogP contribution >= 0.6 is 0 Å². The Labute approximate surface area is 437 Å². The van der Waals surface area contributed by atoms with E-state index in [0.29, 0.717) is 13.0 Å². The molecule has 2 rings (SSSR count). The lowest BCUT2D eigenvalue weighted by atomic mass is 9.98. The van der Waals surface area contributed by atoms with E-state index in [-0.39, 0.29) is 25.6 Å². The molecule has 2 aliphatic heterocycles. The number of allylic oxidation sites excluding steroid dienone is 4. The molecule has 14 heteroatoms. The van der Waals surface area contributed by atoms with Gasteiger partial charge in [-0.1, -0.05) is 212 Å². The number of rotatable bonds is 48. The molecule has 14 nitrogen and oxygen atoms in total. The van der Waals surface area contributed by atoms with Crippen LogP contribution in [0.5, 0.6) is 0 Å². The van der Waals surface area contributed by atoms with Gasteiger partial charge in [-0.05, 0) is 44.9 Å². The molecule has 11 unspecified atom stereocenters. The zero-order valence-electron chi connectivity index (χ0n) is 45.4. The second-order valence-corrected chi connectivity index (χ2v) is 20.8. The molecule has 0 radical (unpaired) electrons. The van der Waals surface area contributed by atoms with Crippen molar-refractivity contribution >= 4 is 5.97 Å². The van der Waals surface area contributed by atoms with Crippen molar-refractivity contribution in [2.24, 2.45) is 0 Å². The van der Waals surface area contributed by atoms with Crippen molar-refractivity contribution in [3.63, 3.8) is 0 Å². The number of hydrogen-bond donors (Lipinski definition) is 7. The Balaban J connectivity index is 1.70. The van der Waals surface area contributed by atoms with Crippen molar-refractivity contribution in [1.29, 1.82) is 0 Å². The van der Waals surface area contributed by atoms with Gasteiger partial charge in [-0.3, -0.25) is 4.79 Å². The van der Waals surface area contributed by atoms with E-state index in [1.807, 2.05) is 0 Å². The van der Waals surface area contributed by atoms with E-state index in [9.17, 15) is 40.5 Å². The molecule has 2 fully saturated rings. The third-order valence-electron chi connectivity index (χ3n) is 14.2. The molecule has 2 aliphatic rings. The van der Waals surface area contributed by atoms with E-state index in [0.717, 1.165) is 44.9 Å². The summed E-state index contributed by atoms with van der Waals surface area (Å²) in [7, 11) is 0. The topological polar surface area (TPSA) is 214 Å². The molecule has 7 N–H and O–H groups in total. The quantitative estimate of drug-likeness (QED) is 0.0172. The van der Waals surface area contributed by atoms with Gasteiger partial charge in [0.25, 0.3) is 0 Å². The van der Waals surface area contributed by atoms with Crippen LogP contribution in [0.3, 0.4) is 0 Å². The van der Waals surface area contributed by atoms with E-state index in [1.165, 1.54) is 167 Å². The third-order valence-corrected chi connectivity index (χ3v) is 14.2. The molecular formula is C58H108O14. The lowest BCUT2D eigenvalue weighted by molar-refractivity contribution is -0.332. The molecule has 11 atom stereocenters. The molecule has 0 bridgehead atoms. The summed E-state index contributed by atoms with van der Waals surface area (Å²) in [6.07, 6.45) is 35.2. The smallest absolute Gasteiger partial charge is 0.306 e. The minimum atomic E-state index is -1.70. The van der Waals surface area contributed by atoms with Crippen LogP contribution in [0.15, 0.2) is 24.3 Å². The summed E-state index contributed by atoms with van der Waals surface area (Å²) in [5.41, 5.74) is 0. The molecule has 0 aromatic carbocycles. The Morgan fingerprint density at radius 2 is 0.861 bits per heavy atom. The maximum Gasteiger partial charge on any atom is 0.306 e. The number of aliphatic hydroxyl groups excluding tert-OH is 7. The molecule has 0 saturated carbocycles. The van der Waals surface area contributed by atoms with Gasteiger partial charge in [0.1, 0.15) is 54.9 Å². The maximum atomic E-state index is 13.1. The van der Waals surface area contributed by atoms with Crippen molar-refractivity contribution < 1.29 is 69.0 Å². The van der Waals surface area contributed by atoms with E-state index in [2.05, 4.69) is 38.2 Å². The van der Waals surface area contributed by atoms with Gasteiger partial charge in [-0.2, -0.15) is 0 Å². The number of ether oxygens (including phenoxy) is 6. The van der Waals surface area contributed by atoms with Gasteiger partial charge in [-0.25, -0.2) is 0 Å². The molecular weight excluding hydrogens is 921 g/mol. The van der Waals surface area contributed by atoms with Crippen molar-refractivity contribution in [2.75, 3.05) is 33.0 Å². The SMILES string of the molecule is CCCCCCC/C=C\C/C=C\CCCCCCCCCCCCOCC(COC1OC(COC2OC(CO)C(O)C(O)C2O)C(O)C(O)C1O)OC(=O)CCCCCCCCCCCCCCCCCC. The van der Waals surface area contributed by atoms with Crippen molar-refractivity contribution in [2.45, 2.75) is 306 Å². The molecule has 424 valence electrons. The highest BCUT2D eigenvalue weighted by Crippen LogP contribution is 2.27. The lowest BCUT2D eigenvalue weighted by Gasteiger charge is -2.42. The Bertz CT molecular complexity index is 1290. The number of carbonyl (C=O) groups is 1. The monoisotopic (exact) mass is 1030 g/mol. The van der Waals surface area contributed by atoms with Gasteiger partial charge < -0.3 is 64.2 Å². The number of unbranched alkanes of at least 4 members (excludes halogenated alkanes) is 30. The predicted octanol–water partition coefficient (Wildman–Crippen LogP) is 10.4. The van der Waals surface area contributed by atoms with E-state index in [4.69, 9.17) is 28.4 Å². The van der Waals surface area contributed by atoms with Crippen LogP contribution < -0.4 is 0 Å². The number of esters is 1. The average molecular weight is 1030 g/mol. The summed E-state index contributed by atoms with van der Waals surface area (Å²) in [6.45, 7) is 3.72. The molecule has 0 aromatic rings. The lowest BCUT2D eigenvalue weighted by Crippen LogP contribution is -2.61. The molecule has 0 amide bonds. The van der Waals surface area contributed by atoms with E-state index in [1.54, 1.807) is 0 Å². The summed E-state index contributed by atoms with van der Waals surface area (Å²) in [5.74, 6) is -0.372. The van der Waals surface area contributed by atoms with E-state index >= 15 is 0 Å². The Kier molecular flexibility index (Phi) is 42.2. The first-order valence-electron chi connectivity index (χ1n) is 29.4. The second-order valence-electron chi connectivity index (χ2n) is 20.8. The Morgan fingerprint density at radius 3 is 1.33 bits per heavy atom. The van der Waals surface area contributed by atoms with Crippen LogP contribution in [-0.4, -0.2) is 142 Å². The first-order chi connectivity index (χ1) is 35.1.